The number of amides is 1. The number of piperidine rings is 1. The minimum absolute atomic E-state index is 0.217. The van der Waals surface area contributed by atoms with E-state index in [0.29, 0.717) is 6.54 Å². The molecule has 0 aromatic carbocycles. The third kappa shape index (κ3) is 2.41. The number of carbonyl (C=O) groups is 1. The lowest BCUT2D eigenvalue weighted by molar-refractivity contribution is -0.147. The summed E-state index contributed by atoms with van der Waals surface area (Å²) >= 11 is 0. The SMILES string of the molecule is CC(N)C1CCCCN1C(=O)C(F)F. The summed E-state index contributed by atoms with van der Waals surface area (Å²) in [5.41, 5.74) is 5.66. The highest BCUT2D eigenvalue weighted by molar-refractivity contribution is 5.79. The van der Waals surface area contributed by atoms with Crippen LogP contribution in [0.25, 0.3) is 0 Å². The van der Waals surface area contributed by atoms with E-state index in [0.717, 1.165) is 19.3 Å². The van der Waals surface area contributed by atoms with Gasteiger partial charge in [0.15, 0.2) is 0 Å². The lowest BCUT2D eigenvalue weighted by Crippen LogP contribution is -2.53. The zero-order valence-corrected chi connectivity index (χ0v) is 8.25. The molecule has 5 heteroatoms. The third-order valence-corrected chi connectivity index (χ3v) is 2.63. The summed E-state index contributed by atoms with van der Waals surface area (Å²) in [4.78, 5) is 12.4. The van der Waals surface area contributed by atoms with E-state index in [9.17, 15) is 13.6 Å². The lowest BCUT2D eigenvalue weighted by Gasteiger charge is -2.37. The van der Waals surface area contributed by atoms with Crippen LogP contribution >= 0.6 is 0 Å². The van der Waals surface area contributed by atoms with Gasteiger partial charge in [-0.05, 0) is 26.2 Å². The minimum Gasteiger partial charge on any atom is -0.333 e. The first-order valence-electron chi connectivity index (χ1n) is 4.88. The van der Waals surface area contributed by atoms with Crippen molar-refractivity contribution >= 4 is 5.91 Å². The van der Waals surface area contributed by atoms with Crippen molar-refractivity contribution < 1.29 is 13.6 Å². The Morgan fingerprint density at radius 1 is 1.50 bits per heavy atom. The number of rotatable bonds is 2. The predicted molar refractivity (Wildman–Crippen MR) is 49.0 cm³/mol. The van der Waals surface area contributed by atoms with Gasteiger partial charge in [-0.15, -0.1) is 0 Å². The maximum absolute atomic E-state index is 12.2. The van der Waals surface area contributed by atoms with Gasteiger partial charge >= 0.3 is 6.43 Å². The highest BCUT2D eigenvalue weighted by Gasteiger charge is 2.33. The molecule has 2 N–H and O–H groups in total. The molecule has 1 heterocycles. The molecule has 0 saturated carbocycles. The standard InChI is InChI=1S/C9H16F2N2O/c1-6(12)7-4-2-3-5-13(7)9(14)8(10)11/h6-8H,2-5,12H2,1H3. The van der Waals surface area contributed by atoms with Gasteiger partial charge in [-0.2, -0.15) is 8.78 Å². The summed E-state index contributed by atoms with van der Waals surface area (Å²) in [7, 11) is 0. The van der Waals surface area contributed by atoms with Crippen molar-refractivity contribution in [3.05, 3.63) is 0 Å². The van der Waals surface area contributed by atoms with Gasteiger partial charge in [-0.3, -0.25) is 4.79 Å². The van der Waals surface area contributed by atoms with E-state index in [2.05, 4.69) is 0 Å². The van der Waals surface area contributed by atoms with Crippen molar-refractivity contribution in [3.63, 3.8) is 0 Å². The fourth-order valence-corrected chi connectivity index (χ4v) is 1.90. The average molecular weight is 206 g/mol. The van der Waals surface area contributed by atoms with Crippen LogP contribution in [0.3, 0.4) is 0 Å². The monoisotopic (exact) mass is 206 g/mol. The van der Waals surface area contributed by atoms with Crippen molar-refractivity contribution in [2.24, 2.45) is 5.73 Å². The maximum Gasteiger partial charge on any atom is 0.315 e. The summed E-state index contributed by atoms with van der Waals surface area (Å²) in [6, 6.07) is -0.455. The molecule has 82 valence electrons. The van der Waals surface area contributed by atoms with Crippen molar-refractivity contribution in [3.8, 4) is 0 Å². The Balaban J connectivity index is 2.67. The van der Waals surface area contributed by atoms with Gasteiger partial charge in [-0.1, -0.05) is 0 Å². The van der Waals surface area contributed by atoms with E-state index >= 15 is 0 Å². The van der Waals surface area contributed by atoms with Gasteiger partial charge in [-0.25, -0.2) is 0 Å². The minimum atomic E-state index is -2.91. The van der Waals surface area contributed by atoms with Crippen molar-refractivity contribution in [1.82, 2.24) is 4.90 Å². The number of nitrogens with zero attached hydrogens (tertiary/aromatic N) is 1. The molecule has 2 atom stereocenters. The van der Waals surface area contributed by atoms with E-state index in [1.807, 2.05) is 0 Å². The van der Waals surface area contributed by atoms with Crippen LogP contribution in [0, 0.1) is 0 Å². The van der Waals surface area contributed by atoms with Gasteiger partial charge in [0.25, 0.3) is 5.91 Å². The molecule has 0 aromatic rings. The van der Waals surface area contributed by atoms with Crippen LogP contribution in [0.5, 0.6) is 0 Å². The fraction of sp³-hybridized carbons (Fsp3) is 0.889. The molecular weight excluding hydrogens is 190 g/mol. The van der Waals surface area contributed by atoms with Crippen LogP contribution in [-0.4, -0.2) is 35.9 Å². The second-order valence-electron chi connectivity index (χ2n) is 3.75. The number of hydrogen-bond acceptors (Lipinski definition) is 2. The molecule has 1 saturated heterocycles. The topological polar surface area (TPSA) is 46.3 Å². The van der Waals surface area contributed by atoms with Gasteiger partial charge in [0.05, 0.1) is 0 Å². The van der Waals surface area contributed by atoms with Gasteiger partial charge < -0.3 is 10.6 Å². The molecule has 0 aromatic heterocycles. The number of likely N-dealkylation sites (tertiary alicyclic amines) is 1. The number of alkyl halides is 2. The van der Waals surface area contributed by atoms with Crippen LogP contribution in [0.4, 0.5) is 8.78 Å². The molecule has 0 aliphatic carbocycles. The molecular formula is C9H16F2N2O. The van der Waals surface area contributed by atoms with E-state index in [1.165, 1.54) is 4.90 Å². The van der Waals surface area contributed by atoms with Gasteiger partial charge in [0.2, 0.25) is 0 Å². The Morgan fingerprint density at radius 3 is 2.64 bits per heavy atom. The normalized spacial score (nSPS) is 25.2. The van der Waals surface area contributed by atoms with Gasteiger partial charge in [0.1, 0.15) is 0 Å². The number of carbonyl (C=O) groups excluding carboxylic acids is 1. The predicted octanol–water partition coefficient (Wildman–Crippen LogP) is 0.980. The quantitative estimate of drug-likeness (QED) is 0.732. The maximum atomic E-state index is 12.2. The molecule has 14 heavy (non-hydrogen) atoms. The molecule has 1 rings (SSSR count). The Morgan fingerprint density at radius 2 is 2.14 bits per heavy atom. The Kier molecular flexibility index (Phi) is 3.80. The van der Waals surface area contributed by atoms with Crippen molar-refractivity contribution in [2.45, 2.75) is 44.7 Å². The highest BCUT2D eigenvalue weighted by atomic mass is 19.3. The van der Waals surface area contributed by atoms with Crippen LogP contribution in [0.2, 0.25) is 0 Å². The summed E-state index contributed by atoms with van der Waals surface area (Å²) < 4.78 is 24.4. The first kappa shape index (κ1) is 11.4. The van der Waals surface area contributed by atoms with Crippen LogP contribution in [0.1, 0.15) is 26.2 Å². The molecule has 1 amide bonds. The first-order valence-corrected chi connectivity index (χ1v) is 4.88. The second-order valence-corrected chi connectivity index (χ2v) is 3.75. The Hall–Kier alpha value is -0.710. The summed E-state index contributed by atoms with van der Waals surface area (Å²) in [6.07, 6.45) is -0.425. The number of hydrogen-bond donors (Lipinski definition) is 1. The summed E-state index contributed by atoms with van der Waals surface area (Å²) in [5.74, 6) is -1.08. The largest absolute Gasteiger partial charge is 0.333 e. The zero-order chi connectivity index (χ0) is 10.7. The van der Waals surface area contributed by atoms with Crippen molar-refractivity contribution in [2.75, 3.05) is 6.54 Å². The van der Waals surface area contributed by atoms with E-state index in [1.54, 1.807) is 6.92 Å². The molecule has 1 aliphatic heterocycles. The summed E-state index contributed by atoms with van der Waals surface area (Å²) in [6.45, 7) is 2.16. The lowest BCUT2D eigenvalue weighted by atomic mass is 9.97. The van der Waals surface area contributed by atoms with E-state index in [4.69, 9.17) is 5.73 Å². The molecule has 0 bridgehead atoms. The molecule has 1 fully saturated rings. The van der Waals surface area contributed by atoms with Crippen LogP contribution in [0.15, 0.2) is 0 Å². The smallest absolute Gasteiger partial charge is 0.315 e. The molecule has 2 unspecified atom stereocenters. The van der Waals surface area contributed by atoms with Gasteiger partial charge in [0, 0.05) is 18.6 Å². The highest BCUT2D eigenvalue weighted by Crippen LogP contribution is 2.20. The third-order valence-electron chi connectivity index (χ3n) is 2.63. The number of halogens is 2. The average Bonchev–Trinajstić information content (AvgIpc) is 2.16. The van der Waals surface area contributed by atoms with Crippen LogP contribution in [-0.2, 0) is 4.79 Å². The van der Waals surface area contributed by atoms with Crippen LogP contribution < -0.4 is 5.73 Å². The fourth-order valence-electron chi connectivity index (χ4n) is 1.90. The summed E-state index contributed by atoms with van der Waals surface area (Å²) in [5, 5.41) is 0. The number of nitrogens with two attached hydrogens (primary N) is 1. The van der Waals surface area contributed by atoms with E-state index < -0.39 is 12.3 Å². The van der Waals surface area contributed by atoms with E-state index in [-0.39, 0.29) is 12.1 Å². The first-order chi connectivity index (χ1) is 6.54. The molecule has 1 aliphatic rings. The Labute approximate surface area is 82.2 Å². The second kappa shape index (κ2) is 4.68. The Bertz CT molecular complexity index is 209. The molecule has 3 nitrogen and oxygen atoms in total. The van der Waals surface area contributed by atoms with Crippen molar-refractivity contribution in [1.29, 1.82) is 0 Å². The molecule has 0 radical (unpaired) electrons. The zero-order valence-electron chi connectivity index (χ0n) is 8.25. The molecule has 0 spiro atoms.